The first-order chi connectivity index (χ1) is 12.4. The maximum atomic E-state index is 2.33. The molecule has 0 aromatic rings. The van der Waals surface area contributed by atoms with Gasteiger partial charge >= 0.3 is 196 Å². The minimum absolute atomic E-state index is 0. The van der Waals surface area contributed by atoms with Gasteiger partial charge in [0.1, 0.15) is 0 Å². The molecule has 0 saturated carbocycles. The van der Waals surface area contributed by atoms with E-state index in [0.717, 1.165) is 6.86 Å². The second kappa shape index (κ2) is 27.5. The van der Waals surface area contributed by atoms with Crippen LogP contribution in [0.25, 0.3) is 0 Å². The molecule has 0 aliphatic carbocycles. The first kappa shape index (κ1) is 40.8. The van der Waals surface area contributed by atoms with Crippen molar-refractivity contribution in [2.75, 3.05) is 0 Å². The normalized spacial score (nSPS) is 10.8. The molecule has 0 radical (unpaired) electrons. The first-order valence-corrected chi connectivity index (χ1v) is 14.7. The summed E-state index contributed by atoms with van der Waals surface area (Å²) in [6.07, 6.45) is 22.8. The van der Waals surface area contributed by atoms with Gasteiger partial charge in [-0.1, -0.05) is 0 Å². The Balaban J connectivity index is -0.000000120. The van der Waals surface area contributed by atoms with E-state index in [1.54, 1.807) is 45.0 Å². The SMILES string of the molecule is CCCC[C]([Sn+3])(CCC)CCCC.CCCC[C]([Sn+3])(CCC)CCCC.[O-2].[O-2].[O-2]. The Hall–Kier alpha value is 1.48. The smallest absolute Gasteiger partial charge is 2.00 e. The molecule has 0 aliphatic heterocycles. The summed E-state index contributed by atoms with van der Waals surface area (Å²) in [5, 5.41) is 0. The zero-order chi connectivity index (χ0) is 20.3. The van der Waals surface area contributed by atoms with Crippen LogP contribution in [0.1, 0.15) is 144 Å². The summed E-state index contributed by atoms with van der Waals surface area (Å²) in [5.74, 6) is 0. The van der Waals surface area contributed by atoms with Gasteiger partial charge in [0.05, 0.1) is 0 Å². The molecule has 0 amide bonds. The molecular weight excluding hydrogens is 574 g/mol. The van der Waals surface area contributed by atoms with Crippen molar-refractivity contribution in [3.8, 4) is 0 Å². The van der Waals surface area contributed by atoms with Crippen molar-refractivity contribution in [2.24, 2.45) is 0 Å². The van der Waals surface area contributed by atoms with Crippen LogP contribution in [-0.4, -0.2) is 45.0 Å². The van der Waals surface area contributed by atoms with Gasteiger partial charge in [0.2, 0.25) is 0 Å². The molecule has 0 heterocycles. The van der Waals surface area contributed by atoms with Gasteiger partial charge in [-0.25, -0.2) is 0 Å². The molecule has 0 aliphatic rings. The molecule has 0 fully saturated rings. The van der Waals surface area contributed by atoms with Crippen LogP contribution in [0.3, 0.4) is 0 Å². The van der Waals surface area contributed by atoms with Gasteiger partial charge in [0.25, 0.3) is 0 Å². The van der Waals surface area contributed by atoms with Gasteiger partial charge in [-0.05, 0) is 0 Å². The van der Waals surface area contributed by atoms with Gasteiger partial charge in [-0.2, -0.15) is 0 Å². The van der Waals surface area contributed by atoms with Gasteiger partial charge < -0.3 is 16.4 Å². The minimum Gasteiger partial charge on any atom is -2.00 e. The zero-order valence-corrected chi connectivity index (χ0v) is 26.2. The second-order valence-electron chi connectivity index (χ2n) is 8.47. The second-order valence-corrected chi connectivity index (χ2v) is 14.5. The van der Waals surface area contributed by atoms with Crippen molar-refractivity contribution in [3.63, 3.8) is 0 Å². The number of hydrogen-bond donors (Lipinski definition) is 0. The Bertz CT molecular complexity index is 245. The largest absolute Gasteiger partial charge is 2.00 e. The fraction of sp³-hybridized carbons (Fsp3) is 1.00. The van der Waals surface area contributed by atoms with Crippen molar-refractivity contribution in [2.45, 2.75) is 151 Å². The number of rotatable bonds is 16. The third kappa shape index (κ3) is 25.6. The molecule has 0 saturated heterocycles. The Morgan fingerprint density at radius 3 is 0.724 bits per heavy atom. The van der Waals surface area contributed by atoms with Crippen molar-refractivity contribution in [1.29, 1.82) is 0 Å². The third-order valence-electron chi connectivity index (χ3n) is 5.49. The molecule has 0 N–H and O–H groups in total. The number of unbranched alkanes of at least 4 members (excludes halogenated alkanes) is 4. The van der Waals surface area contributed by atoms with Gasteiger partial charge in [-0.15, -0.1) is 0 Å². The standard InChI is InChI=1S/2C12H25.3O.2Sn/c2*1-4-7-10-12(9-6-3)11-8-5-2;;;;;/h2*4-11H2,1-3H3;;;;;/q;;3*-2;2*+3. The van der Waals surface area contributed by atoms with Crippen LogP contribution in [0.4, 0.5) is 0 Å². The quantitative estimate of drug-likeness (QED) is 0.154. The minimum atomic E-state index is 0. The van der Waals surface area contributed by atoms with Gasteiger partial charge in [0, 0.05) is 0 Å². The summed E-state index contributed by atoms with van der Waals surface area (Å²) in [6.45, 7) is 13.9. The zero-order valence-electron chi connectivity index (χ0n) is 20.5. The van der Waals surface area contributed by atoms with Crippen molar-refractivity contribution < 1.29 is 16.4 Å². The van der Waals surface area contributed by atoms with E-state index in [0.29, 0.717) is 0 Å². The van der Waals surface area contributed by atoms with Crippen molar-refractivity contribution in [3.05, 3.63) is 0 Å². The van der Waals surface area contributed by atoms with Crippen molar-refractivity contribution in [1.82, 2.24) is 0 Å². The maximum Gasteiger partial charge on any atom is -2.00 e. The van der Waals surface area contributed by atoms with E-state index in [1.165, 1.54) is 103 Å². The van der Waals surface area contributed by atoms with Crippen LogP contribution >= 0.6 is 0 Å². The molecule has 5 heteroatoms. The summed E-state index contributed by atoms with van der Waals surface area (Å²) < 4.78 is 1.49. The predicted molar refractivity (Wildman–Crippen MR) is 127 cm³/mol. The summed E-state index contributed by atoms with van der Waals surface area (Å²) in [6, 6.07) is 0. The summed E-state index contributed by atoms with van der Waals surface area (Å²) in [4.78, 5) is 0. The van der Waals surface area contributed by atoms with Crippen LogP contribution in [0, 0.1) is 0 Å². The average Bonchev–Trinajstić information content (AvgIpc) is 2.63. The van der Waals surface area contributed by atoms with E-state index in [4.69, 9.17) is 0 Å². The Kier molecular flexibility index (Phi) is 38.7. The molecule has 3 nitrogen and oxygen atoms in total. The van der Waals surface area contributed by atoms with E-state index in [9.17, 15) is 0 Å². The van der Waals surface area contributed by atoms with Crippen LogP contribution in [0.15, 0.2) is 0 Å². The Morgan fingerprint density at radius 1 is 0.379 bits per heavy atom. The summed E-state index contributed by atoms with van der Waals surface area (Å²) in [7, 11) is 0. The fourth-order valence-electron chi connectivity index (χ4n) is 3.77. The predicted octanol–water partition coefficient (Wildman–Crippen LogP) is 8.63. The molecule has 29 heavy (non-hydrogen) atoms. The van der Waals surface area contributed by atoms with E-state index < -0.39 is 0 Å². The molecule has 0 aromatic heterocycles. The topological polar surface area (TPSA) is 85.5 Å². The molecule has 0 aromatic carbocycles. The van der Waals surface area contributed by atoms with E-state index in [-0.39, 0.29) is 16.4 Å². The van der Waals surface area contributed by atoms with Crippen LogP contribution < -0.4 is 0 Å². The van der Waals surface area contributed by atoms with Crippen LogP contribution in [0.5, 0.6) is 0 Å². The molecule has 0 rings (SSSR count). The molecule has 172 valence electrons. The van der Waals surface area contributed by atoms with Gasteiger partial charge in [0.15, 0.2) is 0 Å². The summed E-state index contributed by atoms with van der Waals surface area (Å²) in [5.41, 5.74) is 0. The summed E-state index contributed by atoms with van der Waals surface area (Å²) >= 11 is 3.57. The molecule has 0 spiro atoms. The van der Waals surface area contributed by atoms with Crippen molar-refractivity contribution >= 4 is 45.0 Å². The third-order valence-corrected chi connectivity index (χ3v) is 9.77. The van der Waals surface area contributed by atoms with E-state index >= 15 is 0 Å². The van der Waals surface area contributed by atoms with E-state index in [2.05, 4.69) is 41.5 Å². The maximum absolute atomic E-state index is 2.33. The van der Waals surface area contributed by atoms with Crippen LogP contribution in [0.2, 0.25) is 6.86 Å². The molecule has 0 unspecified atom stereocenters. The Labute approximate surface area is 211 Å². The average molecular weight is 624 g/mol. The van der Waals surface area contributed by atoms with E-state index in [1.807, 2.05) is 0 Å². The van der Waals surface area contributed by atoms with Gasteiger partial charge in [-0.3, -0.25) is 0 Å². The molecule has 0 atom stereocenters. The molecular formula is C24H50O3Sn2. The first-order valence-electron chi connectivity index (χ1n) is 11.9. The molecule has 0 bridgehead atoms. The fourth-order valence-corrected chi connectivity index (χ4v) is 7.21. The number of hydrogen-bond acceptors (Lipinski definition) is 0. The Morgan fingerprint density at radius 2 is 0.586 bits per heavy atom. The van der Waals surface area contributed by atoms with Crippen LogP contribution in [-0.2, 0) is 16.4 Å². The monoisotopic (exact) mass is 626 g/mol.